The number of H-pyrrole nitrogens is 1. The number of aliphatic hydroxyl groups excluding tert-OH is 1. The summed E-state index contributed by atoms with van der Waals surface area (Å²) in [4.78, 5) is 39.2. The van der Waals surface area contributed by atoms with Crippen molar-refractivity contribution in [1.29, 1.82) is 0 Å². The van der Waals surface area contributed by atoms with Crippen molar-refractivity contribution < 1.29 is 14.7 Å². The maximum absolute atomic E-state index is 13.8. The van der Waals surface area contributed by atoms with E-state index in [2.05, 4.69) is 69.4 Å². The van der Waals surface area contributed by atoms with Gasteiger partial charge in [0.1, 0.15) is 11.9 Å². The Morgan fingerprint density at radius 1 is 0.935 bits per heavy atom. The highest BCUT2D eigenvalue weighted by molar-refractivity contribution is 5.97. The Morgan fingerprint density at radius 2 is 1.67 bits per heavy atom. The molecule has 3 aromatic carbocycles. The van der Waals surface area contributed by atoms with Crippen LogP contribution in [0.5, 0.6) is 0 Å². The van der Waals surface area contributed by atoms with Crippen molar-refractivity contribution in [2.75, 3.05) is 33.3 Å². The van der Waals surface area contributed by atoms with E-state index in [0.29, 0.717) is 37.4 Å². The van der Waals surface area contributed by atoms with Crippen molar-refractivity contribution in [2.24, 2.45) is 5.92 Å². The second-order valence-corrected chi connectivity index (χ2v) is 12.6. The maximum atomic E-state index is 13.8. The lowest BCUT2D eigenvalue weighted by Crippen LogP contribution is -2.47. The molecule has 4 N–H and O–H groups in total. The molecule has 0 saturated carbocycles. The van der Waals surface area contributed by atoms with E-state index >= 15 is 0 Å². The van der Waals surface area contributed by atoms with Crippen LogP contribution in [0, 0.1) is 5.92 Å². The molecular formula is C37H50N6O3. The Hall–Kier alpha value is -4.05. The SMILES string of the molecule is CC(C)CN(CCO)CCC[C@H](NC(=O)c1ccc(CN(C)C(C)c2ncc[nH]2)cc1)C(=O)N[C@@H](C)c1cccc2ccccc12. The number of carbonyl (C=O) groups excluding carboxylic acids is 2. The van der Waals surface area contributed by atoms with Crippen LogP contribution in [0.2, 0.25) is 0 Å². The molecule has 9 nitrogen and oxygen atoms in total. The van der Waals surface area contributed by atoms with Gasteiger partial charge in [0.2, 0.25) is 5.91 Å². The van der Waals surface area contributed by atoms with E-state index in [1.165, 1.54) is 0 Å². The largest absolute Gasteiger partial charge is 0.395 e. The van der Waals surface area contributed by atoms with Crippen molar-refractivity contribution in [3.63, 3.8) is 0 Å². The van der Waals surface area contributed by atoms with Crippen molar-refractivity contribution in [1.82, 2.24) is 30.4 Å². The summed E-state index contributed by atoms with van der Waals surface area (Å²) in [6.07, 6.45) is 4.75. The lowest BCUT2D eigenvalue weighted by molar-refractivity contribution is -0.123. The zero-order valence-electron chi connectivity index (χ0n) is 27.9. The molecule has 1 aromatic heterocycles. The first-order valence-corrected chi connectivity index (χ1v) is 16.4. The van der Waals surface area contributed by atoms with Crippen LogP contribution in [0.25, 0.3) is 10.8 Å². The predicted octanol–water partition coefficient (Wildman–Crippen LogP) is 5.46. The number of amides is 2. The minimum Gasteiger partial charge on any atom is -0.395 e. The summed E-state index contributed by atoms with van der Waals surface area (Å²) >= 11 is 0. The average molecular weight is 627 g/mol. The number of hydrogen-bond acceptors (Lipinski definition) is 6. The molecule has 0 fully saturated rings. The number of nitrogens with zero attached hydrogens (tertiary/aromatic N) is 3. The number of imidazole rings is 1. The standard InChI is InChI=1S/C37H50N6O3/c1-26(2)24-43(22-23-44)21-9-14-34(37(46)40-27(3)32-13-8-11-30-10-6-7-12-33(30)32)41-36(45)31-17-15-29(16-18-31)25-42(5)28(4)35-38-19-20-39-35/h6-8,10-13,15-20,26-28,34,44H,9,14,21-25H2,1-5H3,(H,38,39)(H,40,46)(H,41,45)/t27-,28?,34-/m0/s1. The zero-order chi connectivity index (χ0) is 33.1. The second kappa shape index (κ2) is 17.0. The van der Waals surface area contributed by atoms with Crippen LogP contribution in [0.4, 0.5) is 0 Å². The van der Waals surface area contributed by atoms with Crippen LogP contribution in [0.3, 0.4) is 0 Å². The number of aromatic amines is 1. The molecular weight excluding hydrogens is 576 g/mol. The molecule has 0 saturated heterocycles. The predicted molar refractivity (Wildman–Crippen MR) is 184 cm³/mol. The molecule has 246 valence electrons. The smallest absolute Gasteiger partial charge is 0.251 e. The Bertz CT molecular complexity index is 1520. The quantitative estimate of drug-likeness (QED) is 0.124. The topological polar surface area (TPSA) is 114 Å². The minimum absolute atomic E-state index is 0.0868. The third-order valence-corrected chi connectivity index (χ3v) is 8.50. The Morgan fingerprint density at radius 3 is 2.37 bits per heavy atom. The summed E-state index contributed by atoms with van der Waals surface area (Å²) in [6.45, 7) is 11.3. The molecule has 4 rings (SSSR count). The van der Waals surface area contributed by atoms with Gasteiger partial charge in [-0.15, -0.1) is 0 Å². The van der Waals surface area contributed by atoms with Crippen molar-refractivity contribution in [2.45, 2.75) is 65.2 Å². The zero-order valence-corrected chi connectivity index (χ0v) is 27.9. The molecule has 3 atom stereocenters. The Balaban J connectivity index is 1.44. The van der Waals surface area contributed by atoms with Gasteiger partial charge in [0.05, 0.1) is 18.7 Å². The molecule has 1 heterocycles. The van der Waals surface area contributed by atoms with Crippen molar-refractivity contribution >= 4 is 22.6 Å². The minimum atomic E-state index is -0.708. The molecule has 0 spiro atoms. The number of nitrogens with one attached hydrogen (secondary N) is 3. The highest BCUT2D eigenvalue weighted by Gasteiger charge is 2.24. The molecule has 1 unspecified atom stereocenters. The summed E-state index contributed by atoms with van der Waals surface area (Å²) in [5.74, 6) is 0.872. The Labute approximate surface area is 273 Å². The van der Waals surface area contributed by atoms with E-state index in [0.717, 1.165) is 40.8 Å². The van der Waals surface area contributed by atoms with Crippen LogP contribution in [0.15, 0.2) is 79.1 Å². The number of rotatable bonds is 17. The third-order valence-electron chi connectivity index (χ3n) is 8.50. The number of hydrogen-bond donors (Lipinski definition) is 4. The maximum Gasteiger partial charge on any atom is 0.251 e. The normalized spacial score (nSPS) is 13.7. The molecule has 9 heteroatoms. The van der Waals surface area contributed by atoms with Crippen LogP contribution in [0.1, 0.15) is 79.9 Å². The lowest BCUT2D eigenvalue weighted by atomic mass is 9.99. The van der Waals surface area contributed by atoms with Gasteiger partial charge >= 0.3 is 0 Å². The molecule has 0 aliphatic rings. The van der Waals surface area contributed by atoms with E-state index in [-0.39, 0.29) is 30.5 Å². The molecule has 0 radical (unpaired) electrons. The van der Waals surface area contributed by atoms with E-state index in [9.17, 15) is 14.7 Å². The summed E-state index contributed by atoms with van der Waals surface area (Å²) in [5, 5.41) is 18.0. The van der Waals surface area contributed by atoms with Crippen molar-refractivity contribution in [3.8, 4) is 0 Å². The van der Waals surface area contributed by atoms with Gasteiger partial charge < -0.3 is 25.6 Å². The van der Waals surface area contributed by atoms with Gasteiger partial charge in [0, 0.05) is 37.6 Å². The fourth-order valence-corrected chi connectivity index (χ4v) is 5.90. The van der Waals surface area contributed by atoms with E-state index in [1.807, 2.05) is 68.7 Å². The number of aliphatic hydroxyl groups is 1. The molecule has 4 aromatic rings. The number of aromatic nitrogens is 2. The molecule has 46 heavy (non-hydrogen) atoms. The summed E-state index contributed by atoms with van der Waals surface area (Å²) < 4.78 is 0. The van der Waals surface area contributed by atoms with Gasteiger partial charge in [-0.2, -0.15) is 0 Å². The van der Waals surface area contributed by atoms with Gasteiger partial charge in [-0.05, 0) is 80.2 Å². The molecule has 0 aliphatic carbocycles. The third kappa shape index (κ3) is 9.72. The number of carbonyl (C=O) groups is 2. The summed E-state index contributed by atoms with van der Waals surface area (Å²) in [5.41, 5.74) is 2.61. The highest BCUT2D eigenvalue weighted by atomic mass is 16.3. The van der Waals surface area contributed by atoms with Gasteiger partial charge in [-0.25, -0.2) is 4.98 Å². The van der Waals surface area contributed by atoms with Gasteiger partial charge in [-0.1, -0.05) is 68.4 Å². The number of benzene rings is 3. The van der Waals surface area contributed by atoms with Crippen LogP contribution in [-0.2, 0) is 11.3 Å². The van der Waals surface area contributed by atoms with Gasteiger partial charge in [0.25, 0.3) is 5.91 Å². The summed E-state index contributed by atoms with van der Waals surface area (Å²) in [6, 6.07) is 20.9. The van der Waals surface area contributed by atoms with Gasteiger partial charge in [0.15, 0.2) is 0 Å². The monoisotopic (exact) mass is 626 g/mol. The van der Waals surface area contributed by atoms with Crippen LogP contribution < -0.4 is 10.6 Å². The van der Waals surface area contributed by atoms with E-state index in [4.69, 9.17) is 0 Å². The van der Waals surface area contributed by atoms with Crippen LogP contribution >= 0.6 is 0 Å². The summed E-state index contributed by atoms with van der Waals surface area (Å²) in [7, 11) is 2.04. The first-order valence-electron chi connectivity index (χ1n) is 16.4. The van der Waals surface area contributed by atoms with Crippen LogP contribution in [-0.4, -0.2) is 76.0 Å². The van der Waals surface area contributed by atoms with Gasteiger partial charge in [-0.3, -0.25) is 14.5 Å². The Kier molecular flexibility index (Phi) is 12.9. The van der Waals surface area contributed by atoms with Crippen molar-refractivity contribution in [3.05, 3.63) is 102 Å². The first-order chi connectivity index (χ1) is 22.2. The average Bonchev–Trinajstić information content (AvgIpc) is 3.59. The molecule has 0 aliphatic heterocycles. The lowest BCUT2D eigenvalue weighted by Gasteiger charge is -2.26. The molecule has 2 amide bonds. The van der Waals surface area contributed by atoms with E-state index in [1.54, 1.807) is 6.20 Å². The fraction of sp³-hybridized carbons (Fsp3) is 0.432. The second-order valence-electron chi connectivity index (χ2n) is 12.6. The van der Waals surface area contributed by atoms with E-state index < -0.39 is 6.04 Å². The fourth-order valence-electron chi connectivity index (χ4n) is 5.90. The number of fused-ring (bicyclic) bond motifs is 1. The molecule has 0 bridgehead atoms. The highest BCUT2D eigenvalue weighted by Crippen LogP contribution is 2.24. The first kappa shape index (κ1) is 34.8.